The number of aromatic nitrogens is 2. The first-order chi connectivity index (χ1) is 9.56. The highest BCUT2D eigenvalue weighted by Gasteiger charge is 2.16. The van der Waals surface area contributed by atoms with E-state index in [-0.39, 0.29) is 0 Å². The summed E-state index contributed by atoms with van der Waals surface area (Å²) in [6.07, 6.45) is 1.57. The van der Waals surface area contributed by atoms with Gasteiger partial charge in [-0.25, -0.2) is 0 Å². The van der Waals surface area contributed by atoms with E-state index < -0.39 is 0 Å². The van der Waals surface area contributed by atoms with Crippen molar-refractivity contribution < 1.29 is 8.94 Å². The Kier molecular flexibility index (Phi) is 3.16. The van der Waals surface area contributed by atoms with Crippen LogP contribution < -0.4 is 5.73 Å². The van der Waals surface area contributed by atoms with Gasteiger partial charge in [-0.3, -0.25) is 0 Å². The van der Waals surface area contributed by atoms with Gasteiger partial charge in [0.25, 0.3) is 5.89 Å². The van der Waals surface area contributed by atoms with Crippen LogP contribution in [0, 0.1) is 6.92 Å². The van der Waals surface area contributed by atoms with E-state index in [0.717, 1.165) is 5.56 Å². The molecule has 0 atom stereocenters. The SMILES string of the molecule is Cc1ccoc1-c1noc(-c2cc(Cl)c(N)c(Cl)c2)n1. The summed E-state index contributed by atoms with van der Waals surface area (Å²) >= 11 is 12.0. The average molecular weight is 310 g/mol. The molecule has 20 heavy (non-hydrogen) atoms. The number of nitrogen functional groups attached to an aromatic ring is 1. The number of anilines is 1. The van der Waals surface area contributed by atoms with E-state index >= 15 is 0 Å². The van der Waals surface area contributed by atoms with Gasteiger partial charge in [0.2, 0.25) is 5.82 Å². The van der Waals surface area contributed by atoms with Gasteiger partial charge in [-0.15, -0.1) is 0 Å². The van der Waals surface area contributed by atoms with Crippen LogP contribution in [-0.4, -0.2) is 10.1 Å². The van der Waals surface area contributed by atoms with E-state index in [1.165, 1.54) is 0 Å². The fraction of sp³-hybridized carbons (Fsp3) is 0.0769. The van der Waals surface area contributed by atoms with Crippen molar-refractivity contribution in [1.82, 2.24) is 10.1 Å². The number of rotatable bonds is 2. The van der Waals surface area contributed by atoms with Crippen molar-refractivity contribution in [3.63, 3.8) is 0 Å². The Morgan fingerprint density at radius 3 is 2.50 bits per heavy atom. The number of hydrogen-bond donors (Lipinski definition) is 1. The molecule has 1 aromatic carbocycles. The maximum atomic E-state index is 5.98. The predicted molar refractivity (Wildman–Crippen MR) is 76.6 cm³/mol. The number of halogens is 2. The van der Waals surface area contributed by atoms with Gasteiger partial charge < -0.3 is 14.7 Å². The summed E-state index contributed by atoms with van der Waals surface area (Å²) in [5.41, 5.74) is 7.52. The molecule has 3 rings (SSSR count). The van der Waals surface area contributed by atoms with Gasteiger partial charge in [-0.2, -0.15) is 4.98 Å². The lowest BCUT2D eigenvalue weighted by Crippen LogP contribution is -1.89. The van der Waals surface area contributed by atoms with Crippen molar-refractivity contribution in [2.75, 3.05) is 5.73 Å². The van der Waals surface area contributed by atoms with Crippen LogP contribution in [0.5, 0.6) is 0 Å². The number of nitrogens with two attached hydrogens (primary N) is 1. The number of aryl methyl sites for hydroxylation is 1. The first kappa shape index (κ1) is 13.0. The van der Waals surface area contributed by atoms with Crippen molar-refractivity contribution in [3.05, 3.63) is 40.1 Å². The van der Waals surface area contributed by atoms with Crippen LogP contribution in [0.25, 0.3) is 23.0 Å². The zero-order valence-electron chi connectivity index (χ0n) is 10.4. The fourth-order valence-corrected chi connectivity index (χ4v) is 2.23. The minimum absolute atomic E-state index is 0.291. The highest BCUT2D eigenvalue weighted by Crippen LogP contribution is 2.33. The van der Waals surface area contributed by atoms with Crippen LogP contribution >= 0.6 is 23.2 Å². The monoisotopic (exact) mass is 309 g/mol. The Balaban J connectivity index is 2.05. The van der Waals surface area contributed by atoms with Gasteiger partial charge in [-0.1, -0.05) is 28.4 Å². The topological polar surface area (TPSA) is 78.1 Å². The largest absolute Gasteiger partial charge is 0.461 e. The maximum Gasteiger partial charge on any atom is 0.258 e. The summed E-state index contributed by atoms with van der Waals surface area (Å²) in [5, 5.41) is 4.55. The van der Waals surface area contributed by atoms with Crippen molar-refractivity contribution in [2.24, 2.45) is 0 Å². The van der Waals surface area contributed by atoms with Gasteiger partial charge in [0.05, 0.1) is 22.0 Å². The summed E-state index contributed by atoms with van der Waals surface area (Å²) in [7, 11) is 0. The Morgan fingerprint density at radius 2 is 1.90 bits per heavy atom. The van der Waals surface area contributed by atoms with Crippen molar-refractivity contribution in [2.45, 2.75) is 6.92 Å². The van der Waals surface area contributed by atoms with Crippen LogP contribution in [0.1, 0.15) is 5.56 Å². The van der Waals surface area contributed by atoms with E-state index in [9.17, 15) is 0 Å². The third-order valence-electron chi connectivity index (χ3n) is 2.82. The van der Waals surface area contributed by atoms with Crippen molar-refractivity contribution in [1.29, 1.82) is 0 Å². The standard InChI is InChI=1S/C13H9Cl2N3O2/c1-6-2-3-19-11(6)12-17-13(20-18-12)7-4-8(14)10(16)9(15)5-7/h2-5H,16H2,1H3. The molecule has 0 radical (unpaired) electrons. The summed E-state index contributed by atoms with van der Waals surface area (Å²) in [6.45, 7) is 1.89. The Hall–Kier alpha value is -1.98. The molecule has 5 nitrogen and oxygen atoms in total. The van der Waals surface area contributed by atoms with Gasteiger partial charge in [0.1, 0.15) is 0 Å². The Morgan fingerprint density at radius 1 is 1.20 bits per heavy atom. The molecule has 0 aliphatic heterocycles. The lowest BCUT2D eigenvalue weighted by atomic mass is 10.2. The van der Waals surface area contributed by atoms with Gasteiger partial charge >= 0.3 is 0 Å². The van der Waals surface area contributed by atoms with Crippen LogP contribution in [0.2, 0.25) is 10.0 Å². The molecule has 0 amide bonds. The van der Waals surface area contributed by atoms with Gasteiger partial charge in [0, 0.05) is 5.56 Å². The van der Waals surface area contributed by atoms with E-state index in [1.807, 2.05) is 13.0 Å². The van der Waals surface area contributed by atoms with Crippen molar-refractivity contribution >= 4 is 28.9 Å². The zero-order chi connectivity index (χ0) is 14.3. The summed E-state index contributed by atoms with van der Waals surface area (Å²) in [6, 6.07) is 5.06. The molecular weight excluding hydrogens is 301 g/mol. The predicted octanol–water partition coefficient (Wildman–Crippen LogP) is 4.19. The van der Waals surface area contributed by atoms with E-state index in [0.29, 0.717) is 38.8 Å². The highest BCUT2D eigenvalue weighted by atomic mass is 35.5. The van der Waals surface area contributed by atoms with Gasteiger partial charge in [-0.05, 0) is 30.7 Å². The molecule has 3 aromatic rings. The second-order valence-electron chi connectivity index (χ2n) is 4.21. The minimum Gasteiger partial charge on any atom is -0.461 e. The Bertz CT molecular complexity index is 757. The molecule has 2 heterocycles. The number of nitrogens with zero attached hydrogens (tertiary/aromatic N) is 2. The first-order valence-electron chi connectivity index (χ1n) is 5.69. The molecule has 2 N–H and O–H groups in total. The number of benzene rings is 1. The van der Waals surface area contributed by atoms with Crippen molar-refractivity contribution in [3.8, 4) is 23.0 Å². The van der Waals surface area contributed by atoms with E-state index in [1.54, 1.807) is 18.4 Å². The molecule has 0 saturated heterocycles. The fourth-order valence-electron chi connectivity index (χ4n) is 1.74. The molecule has 0 spiro atoms. The summed E-state index contributed by atoms with van der Waals surface area (Å²) in [4.78, 5) is 4.27. The molecule has 0 bridgehead atoms. The highest BCUT2D eigenvalue weighted by molar-refractivity contribution is 6.39. The number of hydrogen-bond acceptors (Lipinski definition) is 5. The molecule has 0 saturated carbocycles. The molecule has 2 aromatic heterocycles. The normalized spacial score (nSPS) is 10.9. The Labute approximate surface area is 124 Å². The number of furan rings is 1. The van der Waals surface area contributed by atoms with E-state index in [2.05, 4.69) is 10.1 Å². The lowest BCUT2D eigenvalue weighted by molar-refractivity contribution is 0.429. The van der Waals surface area contributed by atoms with Crippen LogP contribution in [0.15, 0.2) is 33.4 Å². The minimum atomic E-state index is 0.291. The first-order valence-corrected chi connectivity index (χ1v) is 6.45. The van der Waals surface area contributed by atoms with Crippen LogP contribution in [0.3, 0.4) is 0 Å². The third kappa shape index (κ3) is 2.15. The van der Waals surface area contributed by atoms with Gasteiger partial charge in [0.15, 0.2) is 5.76 Å². The second-order valence-corrected chi connectivity index (χ2v) is 5.02. The molecule has 0 fully saturated rings. The van der Waals surface area contributed by atoms with E-state index in [4.69, 9.17) is 37.9 Å². The molecule has 0 aliphatic rings. The molecule has 102 valence electrons. The lowest BCUT2D eigenvalue weighted by Gasteiger charge is -2.02. The molecule has 7 heteroatoms. The maximum absolute atomic E-state index is 5.98. The quantitative estimate of drug-likeness (QED) is 0.718. The average Bonchev–Trinajstić information content (AvgIpc) is 3.03. The van der Waals surface area contributed by atoms with Crippen LogP contribution in [0.4, 0.5) is 5.69 Å². The third-order valence-corrected chi connectivity index (χ3v) is 3.44. The van der Waals surface area contributed by atoms with Crippen LogP contribution in [-0.2, 0) is 0 Å². The molecular formula is C13H9Cl2N3O2. The summed E-state index contributed by atoms with van der Waals surface area (Å²) < 4.78 is 10.5. The smallest absolute Gasteiger partial charge is 0.258 e. The summed E-state index contributed by atoms with van der Waals surface area (Å²) in [5.74, 6) is 1.22. The molecule has 0 unspecified atom stereocenters. The molecule has 0 aliphatic carbocycles. The zero-order valence-corrected chi connectivity index (χ0v) is 11.9. The second kappa shape index (κ2) is 4.85.